The topological polar surface area (TPSA) is 63.1 Å². The summed E-state index contributed by atoms with van der Waals surface area (Å²) >= 11 is 0. The molecule has 1 aliphatic heterocycles. The van der Waals surface area contributed by atoms with Crippen molar-refractivity contribution in [3.05, 3.63) is 47.4 Å². The molecule has 2 aliphatic rings. The minimum absolute atomic E-state index is 0.200. The van der Waals surface area contributed by atoms with E-state index >= 15 is 0 Å². The fourth-order valence-corrected chi connectivity index (χ4v) is 4.11. The van der Waals surface area contributed by atoms with Crippen LogP contribution in [-0.4, -0.2) is 33.6 Å². The van der Waals surface area contributed by atoms with Crippen LogP contribution in [0.5, 0.6) is 0 Å². The Morgan fingerprint density at radius 1 is 1.19 bits per heavy atom. The average molecular weight is 351 g/mol. The lowest BCUT2D eigenvalue weighted by atomic mass is 9.81. The van der Waals surface area contributed by atoms with Gasteiger partial charge < -0.3 is 10.2 Å². The van der Waals surface area contributed by atoms with Gasteiger partial charge in [-0.05, 0) is 43.9 Å². The van der Waals surface area contributed by atoms with E-state index in [1.807, 2.05) is 4.68 Å². The molecule has 2 aromatic rings. The number of fused-ring (bicyclic) bond motifs is 1. The van der Waals surface area contributed by atoms with Gasteiger partial charge in [0.1, 0.15) is 12.4 Å². The van der Waals surface area contributed by atoms with Gasteiger partial charge in [-0.1, -0.05) is 19.1 Å². The molecular weight excluding hydrogens is 326 g/mol. The first kappa shape index (κ1) is 16.8. The average Bonchev–Trinajstić information content (AvgIpc) is 3.09. The Morgan fingerprint density at radius 2 is 1.92 bits per heavy atom. The summed E-state index contributed by atoms with van der Waals surface area (Å²) in [7, 11) is 0. The molecule has 136 valence electrons. The summed E-state index contributed by atoms with van der Waals surface area (Å²) in [5, 5.41) is 7.72. The summed E-state index contributed by atoms with van der Waals surface area (Å²) in [6.45, 7) is 8.39. The molecule has 0 fully saturated rings. The molecule has 2 atom stereocenters. The molecule has 1 aliphatic carbocycles. The Hall–Kier alpha value is -2.63. The molecule has 0 saturated carbocycles. The van der Waals surface area contributed by atoms with Crippen molar-refractivity contribution in [1.82, 2.24) is 14.8 Å². The zero-order chi connectivity index (χ0) is 18.3. The number of Topliss-reactive ketones (excluding diaryl/α,β-unsaturated/α-hetero) is 1. The number of ketones is 1. The molecule has 0 radical (unpaired) electrons. The molecule has 1 aromatic carbocycles. The summed E-state index contributed by atoms with van der Waals surface area (Å²) in [5.74, 6) is 1.28. The lowest BCUT2D eigenvalue weighted by Gasteiger charge is -2.34. The van der Waals surface area contributed by atoms with Crippen molar-refractivity contribution in [3.8, 4) is 0 Å². The quantitative estimate of drug-likeness (QED) is 0.915. The Morgan fingerprint density at radius 3 is 2.62 bits per heavy atom. The number of carbonyl (C=O) groups is 1. The molecule has 0 amide bonds. The number of allylic oxidation sites excluding steroid dienone is 2. The SMILES string of the molecule is CCN(CC)c1ccc([C@@H]2C3=C(C[C@H](C)CC3=O)Nc3ncnn32)cc1. The lowest BCUT2D eigenvalue weighted by Crippen LogP contribution is -2.33. The third-order valence-corrected chi connectivity index (χ3v) is 5.40. The van der Waals surface area contributed by atoms with Crippen LogP contribution in [0.25, 0.3) is 0 Å². The molecule has 0 spiro atoms. The van der Waals surface area contributed by atoms with Crippen molar-refractivity contribution < 1.29 is 4.79 Å². The molecule has 2 heterocycles. The molecule has 6 heteroatoms. The monoisotopic (exact) mass is 351 g/mol. The number of carbonyl (C=O) groups excluding carboxylic acids is 1. The summed E-state index contributed by atoms with van der Waals surface area (Å²) < 4.78 is 1.83. The standard InChI is InChI=1S/C20H25N5O/c1-4-24(5-2)15-8-6-14(7-9-15)19-18-16(10-13(3)11-17(18)26)23-20-21-12-22-25(19)20/h6-9,12-13,19H,4-5,10-11H2,1-3H3,(H,21,22,23)/t13-,19+/m0/s1. The molecule has 6 nitrogen and oxygen atoms in total. The van der Waals surface area contributed by atoms with E-state index in [9.17, 15) is 4.79 Å². The summed E-state index contributed by atoms with van der Waals surface area (Å²) in [4.78, 5) is 19.5. The van der Waals surface area contributed by atoms with Gasteiger partial charge in [0.2, 0.25) is 5.95 Å². The second-order valence-electron chi connectivity index (χ2n) is 7.15. The predicted octanol–water partition coefficient (Wildman–Crippen LogP) is 3.39. The highest BCUT2D eigenvalue weighted by atomic mass is 16.1. The Bertz CT molecular complexity index is 847. The molecule has 0 saturated heterocycles. The zero-order valence-electron chi connectivity index (χ0n) is 15.6. The van der Waals surface area contributed by atoms with Crippen molar-refractivity contribution in [1.29, 1.82) is 0 Å². The van der Waals surface area contributed by atoms with Crippen molar-refractivity contribution in [2.45, 2.75) is 39.7 Å². The number of nitrogens with zero attached hydrogens (tertiary/aromatic N) is 4. The number of benzene rings is 1. The molecular formula is C20H25N5O. The first-order valence-corrected chi connectivity index (χ1v) is 9.40. The highest BCUT2D eigenvalue weighted by Crippen LogP contribution is 2.41. The summed E-state index contributed by atoms with van der Waals surface area (Å²) in [6.07, 6.45) is 3.02. The highest BCUT2D eigenvalue weighted by Gasteiger charge is 2.37. The van der Waals surface area contributed by atoms with Crippen LogP contribution in [0.1, 0.15) is 45.2 Å². The van der Waals surface area contributed by atoms with E-state index in [4.69, 9.17) is 0 Å². The number of aromatic nitrogens is 3. The first-order valence-electron chi connectivity index (χ1n) is 9.40. The van der Waals surface area contributed by atoms with Gasteiger partial charge in [0.15, 0.2) is 5.78 Å². The highest BCUT2D eigenvalue weighted by molar-refractivity contribution is 5.99. The van der Waals surface area contributed by atoms with Crippen LogP contribution in [0.3, 0.4) is 0 Å². The Balaban J connectivity index is 1.77. The van der Waals surface area contributed by atoms with Gasteiger partial charge >= 0.3 is 0 Å². The fourth-order valence-electron chi connectivity index (χ4n) is 4.11. The second-order valence-corrected chi connectivity index (χ2v) is 7.15. The number of hydrogen-bond donors (Lipinski definition) is 1. The van der Waals surface area contributed by atoms with E-state index in [-0.39, 0.29) is 11.8 Å². The molecule has 26 heavy (non-hydrogen) atoms. The normalized spacial score (nSPS) is 21.9. The fraction of sp³-hybridized carbons (Fsp3) is 0.450. The Kier molecular flexibility index (Phi) is 4.26. The van der Waals surface area contributed by atoms with Crippen molar-refractivity contribution in [2.24, 2.45) is 5.92 Å². The van der Waals surface area contributed by atoms with Crippen molar-refractivity contribution >= 4 is 17.4 Å². The summed E-state index contributed by atoms with van der Waals surface area (Å²) in [5.41, 5.74) is 4.12. The van der Waals surface area contributed by atoms with Gasteiger partial charge in [0.25, 0.3) is 0 Å². The van der Waals surface area contributed by atoms with Crippen LogP contribution in [0.4, 0.5) is 11.6 Å². The molecule has 4 rings (SSSR count). The number of rotatable bonds is 4. The molecule has 1 aromatic heterocycles. The molecule has 1 N–H and O–H groups in total. The smallest absolute Gasteiger partial charge is 0.226 e. The maximum absolute atomic E-state index is 12.9. The van der Waals surface area contributed by atoms with Crippen LogP contribution >= 0.6 is 0 Å². The van der Waals surface area contributed by atoms with Gasteiger partial charge in [0.05, 0.1) is 0 Å². The van der Waals surface area contributed by atoms with Gasteiger partial charge in [-0.15, -0.1) is 0 Å². The largest absolute Gasteiger partial charge is 0.372 e. The summed E-state index contributed by atoms with van der Waals surface area (Å²) in [6, 6.07) is 8.30. The maximum atomic E-state index is 12.9. The van der Waals surface area contributed by atoms with Crippen LogP contribution in [0, 0.1) is 5.92 Å². The van der Waals surface area contributed by atoms with Crippen LogP contribution in [-0.2, 0) is 4.79 Å². The van der Waals surface area contributed by atoms with Gasteiger partial charge in [-0.25, -0.2) is 4.68 Å². The zero-order valence-corrected chi connectivity index (χ0v) is 15.6. The third-order valence-electron chi connectivity index (χ3n) is 5.40. The van der Waals surface area contributed by atoms with E-state index in [1.54, 1.807) is 6.33 Å². The number of anilines is 2. The minimum Gasteiger partial charge on any atom is -0.372 e. The predicted molar refractivity (Wildman–Crippen MR) is 102 cm³/mol. The van der Waals surface area contributed by atoms with Crippen molar-refractivity contribution in [2.75, 3.05) is 23.3 Å². The Labute approximate surface area is 153 Å². The third kappa shape index (κ3) is 2.69. The van der Waals surface area contributed by atoms with E-state index in [0.717, 1.165) is 36.3 Å². The van der Waals surface area contributed by atoms with E-state index in [1.165, 1.54) is 5.69 Å². The number of nitrogens with one attached hydrogen (secondary N) is 1. The lowest BCUT2D eigenvalue weighted by molar-refractivity contribution is -0.117. The van der Waals surface area contributed by atoms with Gasteiger partial charge in [-0.2, -0.15) is 10.1 Å². The van der Waals surface area contributed by atoms with E-state index in [0.29, 0.717) is 18.3 Å². The van der Waals surface area contributed by atoms with E-state index in [2.05, 4.69) is 65.3 Å². The van der Waals surface area contributed by atoms with Crippen LogP contribution in [0.2, 0.25) is 0 Å². The van der Waals surface area contributed by atoms with Crippen molar-refractivity contribution in [3.63, 3.8) is 0 Å². The van der Waals surface area contributed by atoms with Gasteiger partial charge in [-0.3, -0.25) is 4.79 Å². The van der Waals surface area contributed by atoms with Crippen LogP contribution < -0.4 is 10.2 Å². The number of hydrogen-bond acceptors (Lipinski definition) is 5. The molecule has 0 bridgehead atoms. The molecule has 0 unspecified atom stereocenters. The minimum atomic E-state index is -0.200. The maximum Gasteiger partial charge on any atom is 0.226 e. The second kappa shape index (κ2) is 6.59. The first-order chi connectivity index (χ1) is 12.6. The van der Waals surface area contributed by atoms with E-state index < -0.39 is 0 Å². The van der Waals surface area contributed by atoms with Crippen LogP contribution in [0.15, 0.2) is 41.9 Å². The van der Waals surface area contributed by atoms with Gasteiger partial charge in [0, 0.05) is 36.5 Å².